The van der Waals surface area contributed by atoms with Crippen LogP contribution in [0.25, 0.3) is 0 Å². The van der Waals surface area contributed by atoms with E-state index in [0.29, 0.717) is 0 Å². The number of hydrogen-bond donors (Lipinski definition) is 2. The smallest absolute Gasteiger partial charge is 0.326 e. The molecule has 3 rings (SSSR count). The van der Waals surface area contributed by atoms with Crippen molar-refractivity contribution < 1.29 is 18.3 Å². The Balaban J connectivity index is 1.91. The highest BCUT2D eigenvalue weighted by Gasteiger charge is 2.27. The zero-order valence-corrected chi connectivity index (χ0v) is 17.4. The van der Waals surface area contributed by atoms with Crippen molar-refractivity contribution in [3.63, 3.8) is 0 Å². The molecule has 0 aliphatic rings. The minimum absolute atomic E-state index is 0.0115. The summed E-state index contributed by atoms with van der Waals surface area (Å²) in [5.74, 6) is -1.00. The lowest BCUT2D eigenvalue weighted by atomic mass is 10.1. The molecule has 0 amide bonds. The first-order valence-corrected chi connectivity index (χ1v) is 10.6. The van der Waals surface area contributed by atoms with Gasteiger partial charge in [-0.25, -0.2) is 27.5 Å². The maximum atomic E-state index is 13.0. The Labute approximate surface area is 175 Å². The second-order valence-electron chi connectivity index (χ2n) is 6.74. The summed E-state index contributed by atoms with van der Waals surface area (Å²) in [5.41, 5.74) is 1.76. The van der Waals surface area contributed by atoms with Crippen molar-refractivity contribution in [1.82, 2.24) is 9.97 Å². The van der Waals surface area contributed by atoms with E-state index in [2.05, 4.69) is 15.3 Å². The van der Waals surface area contributed by atoms with Crippen LogP contribution in [0.15, 0.2) is 71.9 Å². The number of rotatable bonds is 8. The van der Waals surface area contributed by atoms with Crippen LogP contribution in [0.5, 0.6) is 0 Å². The van der Waals surface area contributed by atoms with Gasteiger partial charge in [0, 0.05) is 25.9 Å². The lowest BCUT2D eigenvalue weighted by Gasteiger charge is -2.22. The minimum atomic E-state index is -3.90. The van der Waals surface area contributed by atoms with Crippen molar-refractivity contribution in [3.8, 4) is 0 Å². The molecule has 0 radical (unpaired) electrons. The van der Waals surface area contributed by atoms with Crippen LogP contribution in [-0.4, -0.2) is 42.6 Å². The number of anilines is 2. The molecule has 3 aromatic rings. The monoisotopic (exact) mass is 426 g/mol. The summed E-state index contributed by atoms with van der Waals surface area (Å²) in [5, 5.41) is 12.5. The SMILES string of the molecule is Cc1ccc(S(=O)(=O)N(C)c2nccnc2N[C@@H](Cc2ccccc2)C(=O)O)cc1. The van der Waals surface area contributed by atoms with E-state index in [4.69, 9.17) is 0 Å². The minimum Gasteiger partial charge on any atom is -0.480 e. The molecule has 9 heteroatoms. The number of sulfonamides is 1. The van der Waals surface area contributed by atoms with Crippen molar-refractivity contribution in [3.05, 3.63) is 78.1 Å². The molecule has 0 bridgehead atoms. The molecule has 8 nitrogen and oxygen atoms in total. The van der Waals surface area contributed by atoms with Crippen molar-refractivity contribution >= 4 is 27.6 Å². The summed E-state index contributed by atoms with van der Waals surface area (Å²) in [6, 6.07) is 14.6. The van der Waals surface area contributed by atoms with E-state index in [1.54, 1.807) is 12.1 Å². The second kappa shape index (κ2) is 8.91. The first-order valence-electron chi connectivity index (χ1n) is 9.19. The molecule has 0 spiro atoms. The van der Waals surface area contributed by atoms with Crippen molar-refractivity contribution in [1.29, 1.82) is 0 Å². The first-order chi connectivity index (χ1) is 14.3. The van der Waals surface area contributed by atoms with Gasteiger partial charge in [-0.2, -0.15) is 0 Å². The van der Waals surface area contributed by atoms with E-state index < -0.39 is 22.0 Å². The molecule has 0 saturated carbocycles. The Morgan fingerprint density at radius 1 is 1.07 bits per heavy atom. The standard InChI is InChI=1S/C21H22N4O4S/c1-15-8-10-17(11-9-15)30(28,29)25(2)20-19(22-12-13-23-20)24-18(21(26)27)14-16-6-4-3-5-7-16/h3-13,18H,14H2,1-2H3,(H,22,24)(H,26,27)/t18-/m0/s1. The van der Waals surface area contributed by atoms with Gasteiger partial charge in [-0.15, -0.1) is 0 Å². The fourth-order valence-corrected chi connectivity index (χ4v) is 4.02. The van der Waals surface area contributed by atoms with Gasteiger partial charge in [0.2, 0.25) is 0 Å². The van der Waals surface area contributed by atoms with Gasteiger partial charge in [0.05, 0.1) is 4.90 Å². The molecule has 156 valence electrons. The van der Waals surface area contributed by atoms with Crippen LogP contribution in [0.1, 0.15) is 11.1 Å². The first kappa shape index (κ1) is 21.3. The van der Waals surface area contributed by atoms with Crippen LogP contribution in [0.2, 0.25) is 0 Å². The number of aromatic nitrogens is 2. The van der Waals surface area contributed by atoms with Gasteiger partial charge in [0.1, 0.15) is 6.04 Å². The van der Waals surface area contributed by atoms with E-state index in [1.807, 2.05) is 37.3 Å². The topological polar surface area (TPSA) is 112 Å². The number of nitrogens with zero attached hydrogens (tertiary/aromatic N) is 3. The normalized spacial score (nSPS) is 12.2. The molecule has 1 atom stereocenters. The zero-order valence-electron chi connectivity index (χ0n) is 16.6. The van der Waals surface area contributed by atoms with E-state index in [-0.39, 0.29) is 23.0 Å². The molecule has 2 N–H and O–H groups in total. The average Bonchev–Trinajstić information content (AvgIpc) is 2.74. The Morgan fingerprint density at radius 2 is 1.70 bits per heavy atom. The largest absolute Gasteiger partial charge is 0.480 e. The van der Waals surface area contributed by atoms with Gasteiger partial charge in [0.25, 0.3) is 10.0 Å². The summed E-state index contributed by atoms with van der Waals surface area (Å²) in [6.07, 6.45) is 2.93. The number of aryl methyl sites for hydroxylation is 1. The van der Waals surface area contributed by atoms with Crippen LogP contribution < -0.4 is 9.62 Å². The maximum absolute atomic E-state index is 13.0. The Hall–Kier alpha value is -3.46. The lowest BCUT2D eigenvalue weighted by molar-refractivity contribution is -0.137. The van der Waals surface area contributed by atoms with E-state index in [9.17, 15) is 18.3 Å². The Morgan fingerprint density at radius 3 is 2.33 bits per heavy atom. The van der Waals surface area contributed by atoms with Crippen molar-refractivity contribution in [2.45, 2.75) is 24.3 Å². The molecule has 0 fully saturated rings. The molecule has 0 saturated heterocycles. The van der Waals surface area contributed by atoms with Gasteiger partial charge in [-0.3, -0.25) is 0 Å². The van der Waals surface area contributed by atoms with Gasteiger partial charge in [-0.1, -0.05) is 48.0 Å². The van der Waals surface area contributed by atoms with Crippen LogP contribution in [-0.2, 0) is 21.2 Å². The third-order valence-corrected chi connectivity index (χ3v) is 6.31. The Kier molecular flexibility index (Phi) is 6.31. The van der Waals surface area contributed by atoms with Crippen LogP contribution in [0.3, 0.4) is 0 Å². The van der Waals surface area contributed by atoms with Crippen molar-refractivity contribution in [2.75, 3.05) is 16.7 Å². The highest BCUT2D eigenvalue weighted by atomic mass is 32.2. The van der Waals surface area contributed by atoms with Crippen LogP contribution in [0, 0.1) is 6.92 Å². The third-order valence-electron chi connectivity index (χ3n) is 4.55. The molecule has 2 aromatic carbocycles. The molecular formula is C21H22N4O4S. The second-order valence-corrected chi connectivity index (χ2v) is 8.71. The fourth-order valence-electron chi connectivity index (χ4n) is 2.86. The zero-order chi connectivity index (χ0) is 21.7. The van der Waals surface area contributed by atoms with Gasteiger partial charge in [-0.05, 0) is 24.6 Å². The summed E-state index contributed by atoms with van der Waals surface area (Å²) in [7, 11) is -2.54. The van der Waals surface area contributed by atoms with Crippen LogP contribution >= 0.6 is 0 Å². The van der Waals surface area contributed by atoms with Crippen molar-refractivity contribution in [2.24, 2.45) is 0 Å². The molecule has 30 heavy (non-hydrogen) atoms. The van der Waals surface area contributed by atoms with E-state index in [0.717, 1.165) is 15.4 Å². The number of aliphatic carboxylic acids is 1. The molecule has 0 aliphatic heterocycles. The quantitative estimate of drug-likeness (QED) is 0.569. The maximum Gasteiger partial charge on any atom is 0.326 e. The molecule has 1 aromatic heterocycles. The third kappa shape index (κ3) is 4.74. The number of nitrogens with one attached hydrogen (secondary N) is 1. The van der Waals surface area contributed by atoms with E-state index in [1.165, 1.54) is 31.6 Å². The summed E-state index contributed by atoms with van der Waals surface area (Å²) < 4.78 is 27.0. The number of benzene rings is 2. The summed E-state index contributed by atoms with van der Waals surface area (Å²) >= 11 is 0. The van der Waals surface area contributed by atoms with Gasteiger partial charge in [0.15, 0.2) is 11.6 Å². The molecular weight excluding hydrogens is 404 g/mol. The molecule has 1 heterocycles. The number of carbonyl (C=O) groups is 1. The van der Waals surface area contributed by atoms with Gasteiger partial charge >= 0.3 is 5.97 Å². The lowest BCUT2D eigenvalue weighted by Crippen LogP contribution is -2.34. The number of carboxylic acid groups (broad SMARTS) is 1. The summed E-state index contributed by atoms with van der Waals surface area (Å²) in [6.45, 7) is 1.86. The highest BCUT2D eigenvalue weighted by Crippen LogP contribution is 2.26. The number of hydrogen-bond acceptors (Lipinski definition) is 6. The van der Waals surface area contributed by atoms with Crippen LogP contribution in [0.4, 0.5) is 11.6 Å². The highest BCUT2D eigenvalue weighted by molar-refractivity contribution is 7.92. The fraction of sp³-hybridized carbons (Fsp3) is 0.190. The number of carboxylic acids is 1. The molecule has 0 aliphatic carbocycles. The average molecular weight is 426 g/mol. The van der Waals surface area contributed by atoms with E-state index >= 15 is 0 Å². The predicted octanol–water partition coefficient (Wildman–Crippen LogP) is 2.72. The predicted molar refractivity (Wildman–Crippen MR) is 114 cm³/mol. The van der Waals surface area contributed by atoms with Gasteiger partial charge < -0.3 is 10.4 Å². The Bertz CT molecular complexity index is 1120. The summed E-state index contributed by atoms with van der Waals surface area (Å²) in [4.78, 5) is 20.2. The molecule has 0 unspecified atom stereocenters.